The van der Waals surface area contributed by atoms with Crippen LogP contribution < -0.4 is 5.32 Å². The average Bonchev–Trinajstić information content (AvgIpc) is 1.60. The molecule has 6 nitrogen and oxygen atoms in total. The molecule has 0 aromatic rings. The van der Waals surface area contributed by atoms with Crippen LogP contribution in [0.1, 0.15) is 0 Å². The van der Waals surface area contributed by atoms with Crippen LogP contribution in [0.5, 0.6) is 0 Å². The lowest BCUT2D eigenvalue weighted by molar-refractivity contribution is -1.26. The standard InChI is InChI=1S/C3H10N3O3/c7-5-1-4-2-6(8,9)3-5/h4,7-9H,1-3H2/q+1. The Morgan fingerprint density at radius 2 is 2.11 bits per heavy atom. The first-order chi connectivity index (χ1) is 4.10. The number of nitrogens with zero attached hydrogens (tertiary/aromatic N) is 2. The van der Waals surface area contributed by atoms with Crippen LogP contribution in [-0.4, -0.2) is 45.5 Å². The van der Waals surface area contributed by atoms with Crippen LogP contribution in [0, 0.1) is 0 Å². The number of hydrogen-bond acceptors (Lipinski definition) is 5. The van der Waals surface area contributed by atoms with Gasteiger partial charge in [-0.05, 0) is 4.81 Å². The number of rotatable bonds is 0. The smallest absolute Gasteiger partial charge is 0.221 e. The maximum absolute atomic E-state index is 8.77. The van der Waals surface area contributed by atoms with Crippen molar-refractivity contribution >= 4 is 0 Å². The molecule has 0 aromatic carbocycles. The van der Waals surface area contributed by atoms with Crippen LogP contribution in [0.4, 0.5) is 0 Å². The van der Waals surface area contributed by atoms with Gasteiger partial charge >= 0.3 is 0 Å². The second-order valence-corrected chi connectivity index (χ2v) is 2.09. The van der Waals surface area contributed by atoms with Crippen molar-refractivity contribution in [3.8, 4) is 0 Å². The highest BCUT2D eigenvalue weighted by atomic mass is 16.8. The molecule has 1 aliphatic heterocycles. The van der Waals surface area contributed by atoms with Crippen LogP contribution in [0.15, 0.2) is 0 Å². The molecule has 9 heavy (non-hydrogen) atoms. The van der Waals surface area contributed by atoms with Crippen molar-refractivity contribution in [3.05, 3.63) is 0 Å². The van der Waals surface area contributed by atoms with Crippen molar-refractivity contribution in [1.29, 1.82) is 0 Å². The molecule has 0 spiro atoms. The minimum absolute atomic E-state index is 0.0388. The first-order valence-corrected chi connectivity index (χ1v) is 2.57. The molecular weight excluding hydrogens is 126 g/mol. The molecule has 0 aliphatic carbocycles. The molecule has 1 saturated heterocycles. The van der Waals surface area contributed by atoms with E-state index in [4.69, 9.17) is 15.6 Å². The van der Waals surface area contributed by atoms with Gasteiger partial charge in [-0.25, -0.2) is 5.32 Å². The quantitative estimate of drug-likeness (QED) is 0.313. The Labute approximate surface area is 52.0 Å². The van der Waals surface area contributed by atoms with E-state index in [1.54, 1.807) is 0 Å². The highest BCUT2D eigenvalue weighted by molar-refractivity contribution is 4.36. The molecule has 4 N–H and O–H groups in total. The molecule has 0 amide bonds. The van der Waals surface area contributed by atoms with Crippen molar-refractivity contribution in [2.75, 3.05) is 20.0 Å². The summed E-state index contributed by atoms with van der Waals surface area (Å²) in [5.74, 6) is 0. The number of hydrogen-bond donors (Lipinski definition) is 4. The summed E-state index contributed by atoms with van der Waals surface area (Å²) < 4.78 is 0. The second-order valence-electron chi connectivity index (χ2n) is 2.09. The highest BCUT2D eigenvalue weighted by Gasteiger charge is 2.29. The molecule has 0 bridgehead atoms. The summed E-state index contributed by atoms with van der Waals surface area (Å²) in [4.78, 5) is -1.20. The van der Waals surface area contributed by atoms with Crippen molar-refractivity contribution in [2.45, 2.75) is 0 Å². The SMILES string of the molecule is ON1CNC[N+](O)(O)C1. The zero-order chi connectivity index (χ0) is 6.91. The van der Waals surface area contributed by atoms with Crippen LogP contribution in [0.2, 0.25) is 0 Å². The van der Waals surface area contributed by atoms with E-state index in [9.17, 15) is 0 Å². The van der Waals surface area contributed by atoms with Crippen LogP contribution in [-0.2, 0) is 0 Å². The summed E-state index contributed by atoms with van der Waals surface area (Å²) in [5, 5.41) is 29.6. The fraction of sp³-hybridized carbons (Fsp3) is 1.00. The van der Waals surface area contributed by atoms with Gasteiger partial charge in [-0.15, -0.1) is 5.06 Å². The van der Waals surface area contributed by atoms with E-state index in [1.807, 2.05) is 0 Å². The number of hydroxylamine groups is 6. The maximum atomic E-state index is 8.77. The van der Waals surface area contributed by atoms with Gasteiger partial charge in [0.15, 0.2) is 6.67 Å². The van der Waals surface area contributed by atoms with Gasteiger partial charge in [0.2, 0.25) is 6.67 Å². The lowest BCUT2D eigenvalue weighted by Crippen LogP contribution is -2.60. The summed E-state index contributed by atoms with van der Waals surface area (Å²) in [5.41, 5.74) is 0. The topological polar surface area (TPSA) is 76.0 Å². The first kappa shape index (κ1) is 6.87. The number of quaternary nitrogens is 1. The average molecular weight is 136 g/mol. The Hall–Kier alpha value is -0.240. The van der Waals surface area contributed by atoms with E-state index in [-0.39, 0.29) is 20.0 Å². The van der Waals surface area contributed by atoms with E-state index >= 15 is 0 Å². The molecule has 0 saturated carbocycles. The monoisotopic (exact) mass is 136 g/mol. The Bertz CT molecular complexity index is 106. The molecule has 1 fully saturated rings. The van der Waals surface area contributed by atoms with E-state index < -0.39 is 4.81 Å². The summed E-state index contributed by atoms with van der Waals surface area (Å²) in [6, 6.07) is 0. The summed E-state index contributed by atoms with van der Waals surface area (Å²) in [7, 11) is 0. The summed E-state index contributed by atoms with van der Waals surface area (Å²) in [6.45, 7) is 0.116. The molecule has 0 atom stereocenters. The van der Waals surface area contributed by atoms with Gasteiger partial charge in [0, 0.05) is 0 Å². The molecule has 1 aliphatic rings. The minimum atomic E-state index is -1.20. The van der Waals surface area contributed by atoms with Gasteiger partial charge in [0.25, 0.3) is 0 Å². The van der Waals surface area contributed by atoms with Gasteiger partial charge in [-0.2, -0.15) is 10.4 Å². The van der Waals surface area contributed by atoms with E-state index in [1.165, 1.54) is 0 Å². The molecule has 54 valence electrons. The molecule has 1 rings (SSSR count). The van der Waals surface area contributed by atoms with Crippen molar-refractivity contribution in [1.82, 2.24) is 10.4 Å². The molecular formula is C3H10N3O3+. The fourth-order valence-corrected chi connectivity index (χ4v) is 0.720. The van der Waals surface area contributed by atoms with Crippen molar-refractivity contribution in [3.63, 3.8) is 0 Å². The third-order valence-electron chi connectivity index (χ3n) is 1.05. The third kappa shape index (κ3) is 1.86. The van der Waals surface area contributed by atoms with E-state index in [0.29, 0.717) is 0 Å². The van der Waals surface area contributed by atoms with E-state index in [2.05, 4.69) is 5.32 Å². The molecule has 6 heteroatoms. The predicted octanol–water partition coefficient (Wildman–Crippen LogP) is -1.25. The van der Waals surface area contributed by atoms with Crippen LogP contribution >= 0.6 is 0 Å². The van der Waals surface area contributed by atoms with Gasteiger partial charge in [-0.3, -0.25) is 0 Å². The Balaban J connectivity index is 2.41. The van der Waals surface area contributed by atoms with Gasteiger partial charge in [-0.1, -0.05) is 0 Å². The minimum Gasteiger partial charge on any atom is -0.307 e. The zero-order valence-corrected chi connectivity index (χ0v) is 4.86. The van der Waals surface area contributed by atoms with Crippen molar-refractivity contribution < 1.29 is 20.4 Å². The van der Waals surface area contributed by atoms with Gasteiger partial charge < -0.3 is 5.21 Å². The Morgan fingerprint density at radius 3 is 2.44 bits per heavy atom. The highest BCUT2D eigenvalue weighted by Crippen LogP contribution is 1.98. The zero-order valence-electron chi connectivity index (χ0n) is 4.86. The predicted molar refractivity (Wildman–Crippen MR) is 25.2 cm³/mol. The second kappa shape index (κ2) is 2.18. The summed E-state index contributed by atoms with van der Waals surface area (Å²) in [6.07, 6.45) is 0. The largest absolute Gasteiger partial charge is 0.307 e. The lowest BCUT2D eigenvalue weighted by Gasteiger charge is -2.29. The first-order valence-electron chi connectivity index (χ1n) is 2.57. The van der Waals surface area contributed by atoms with Crippen LogP contribution in [0.25, 0.3) is 0 Å². The third-order valence-corrected chi connectivity index (χ3v) is 1.05. The van der Waals surface area contributed by atoms with Gasteiger partial charge in [0.1, 0.15) is 0 Å². The maximum Gasteiger partial charge on any atom is 0.221 e. The van der Waals surface area contributed by atoms with Gasteiger partial charge in [0.05, 0.1) is 6.67 Å². The normalized spacial score (nSPS) is 28.3. The Kier molecular flexibility index (Phi) is 1.66. The van der Waals surface area contributed by atoms with Crippen molar-refractivity contribution in [2.24, 2.45) is 0 Å². The fourth-order valence-electron chi connectivity index (χ4n) is 0.720. The molecule has 0 unspecified atom stereocenters. The summed E-state index contributed by atoms with van der Waals surface area (Å²) >= 11 is 0. The number of nitrogens with one attached hydrogen (secondary N) is 1. The molecule has 0 radical (unpaired) electrons. The Morgan fingerprint density at radius 1 is 1.44 bits per heavy atom. The van der Waals surface area contributed by atoms with Crippen LogP contribution in [0.3, 0.4) is 0 Å². The lowest BCUT2D eigenvalue weighted by atomic mass is 10.7. The van der Waals surface area contributed by atoms with E-state index in [0.717, 1.165) is 5.06 Å². The molecule has 0 aromatic heterocycles. The molecule has 1 heterocycles.